The number of carbonyl (C=O) groups is 2. The maximum absolute atomic E-state index is 13.7. The number of carbonyl (C=O) groups excluding carboxylic acids is 2. The van der Waals surface area contributed by atoms with Crippen LogP contribution in [0.25, 0.3) is 10.9 Å². The van der Waals surface area contributed by atoms with Crippen LogP contribution in [0.1, 0.15) is 41.4 Å². The maximum atomic E-state index is 13.7. The fourth-order valence-corrected chi connectivity index (χ4v) is 6.29. The second-order valence-electron chi connectivity index (χ2n) is 8.99. The second kappa shape index (κ2) is 10.4. The molecule has 3 aromatic rings. The Balaban J connectivity index is 1.71. The van der Waals surface area contributed by atoms with Crippen LogP contribution in [0.3, 0.4) is 0 Å². The molecule has 1 aliphatic rings. The predicted octanol–water partition coefficient (Wildman–Crippen LogP) is 3.64. The summed E-state index contributed by atoms with van der Waals surface area (Å²) in [5, 5.41) is 4.62. The van der Waals surface area contributed by atoms with Crippen LogP contribution in [0.5, 0.6) is 0 Å². The van der Waals surface area contributed by atoms with E-state index in [9.17, 15) is 18.0 Å². The number of rotatable bonds is 6. The average Bonchev–Trinajstić information content (AvgIpc) is 3.18. The maximum Gasteiger partial charge on any atom is 0.303 e. The van der Waals surface area contributed by atoms with E-state index in [2.05, 4.69) is 10.3 Å². The number of halogens is 2. The SMILES string of the molecule is C/N=C\c1cccc(C2(NC(=O)c3cc4c(Cl)c(Cl)ccc4n3C)CCN(S(=O)(=O)NC(C)=O)CC2)c1. The van der Waals surface area contributed by atoms with Crippen LogP contribution < -0.4 is 10.0 Å². The molecule has 2 amide bonds. The quantitative estimate of drug-likeness (QED) is 0.446. The molecule has 0 spiro atoms. The van der Waals surface area contributed by atoms with E-state index in [0.717, 1.165) is 23.6 Å². The summed E-state index contributed by atoms with van der Waals surface area (Å²) in [6.07, 6.45) is 2.30. The van der Waals surface area contributed by atoms with Crippen molar-refractivity contribution in [1.82, 2.24) is 18.9 Å². The molecule has 37 heavy (non-hydrogen) atoms. The van der Waals surface area contributed by atoms with Crippen molar-refractivity contribution in [2.24, 2.45) is 12.0 Å². The van der Waals surface area contributed by atoms with E-state index < -0.39 is 21.7 Å². The van der Waals surface area contributed by atoms with Crippen molar-refractivity contribution in [3.05, 3.63) is 69.3 Å². The van der Waals surface area contributed by atoms with Crippen LogP contribution in [0.4, 0.5) is 0 Å². The van der Waals surface area contributed by atoms with Crippen LogP contribution in [0.2, 0.25) is 10.0 Å². The van der Waals surface area contributed by atoms with Crippen molar-refractivity contribution in [1.29, 1.82) is 0 Å². The van der Waals surface area contributed by atoms with E-state index in [4.69, 9.17) is 23.2 Å². The highest BCUT2D eigenvalue weighted by molar-refractivity contribution is 7.87. The van der Waals surface area contributed by atoms with Gasteiger partial charge < -0.3 is 9.88 Å². The topological polar surface area (TPSA) is 113 Å². The van der Waals surface area contributed by atoms with E-state index in [1.54, 1.807) is 43.1 Å². The molecule has 12 heteroatoms. The number of benzene rings is 2. The van der Waals surface area contributed by atoms with Crippen LogP contribution >= 0.6 is 23.2 Å². The molecule has 0 radical (unpaired) electrons. The number of aromatic nitrogens is 1. The predicted molar refractivity (Wildman–Crippen MR) is 146 cm³/mol. The van der Waals surface area contributed by atoms with Gasteiger partial charge in [0.1, 0.15) is 5.69 Å². The van der Waals surface area contributed by atoms with E-state index in [-0.39, 0.29) is 19.0 Å². The van der Waals surface area contributed by atoms with E-state index in [1.807, 2.05) is 29.0 Å². The van der Waals surface area contributed by atoms with Crippen molar-refractivity contribution >= 4 is 62.3 Å². The van der Waals surface area contributed by atoms with Crippen molar-refractivity contribution in [3.63, 3.8) is 0 Å². The van der Waals surface area contributed by atoms with Gasteiger partial charge in [-0.2, -0.15) is 12.7 Å². The van der Waals surface area contributed by atoms with Crippen LogP contribution in [0.15, 0.2) is 47.5 Å². The minimum absolute atomic E-state index is 0.103. The minimum Gasteiger partial charge on any atom is -0.341 e. The van der Waals surface area contributed by atoms with Crippen molar-refractivity contribution in [2.45, 2.75) is 25.3 Å². The number of hydrogen-bond donors (Lipinski definition) is 2. The van der Waals surface area contributed by atoms with Gasteiger partial charge in [-0.05, 0) is 48.2 Å². The van der Waals surface area contributed by atoms with Gasteiger partial charge in [0.05, 0.1) is 15.6 Å². The molecule has 2 heterocycles. The van der Waals surface area contributed by atoms with E-state index >= 15 is 0 Å². The van der Waals surface area contributed by atoms with E-state index in [0.29, 0.717) is 34.0 Å². The highest BCUT2D eigenvalue weighted by Crippen LogP contribution is 2.36. The molecule has 0 unspecified atom stereocenters. The van der Waals surface area contributed by atoms with E-state index in [1.165, 1.54) is 4.31 Å². The highest BCUT2D eigenvalue weighted by atomic mass is 35.5. The molecule has 1 aliphatic heterocycles. The molecule has 0 aliphatic carbocycles. The third-order valence-corrected chi connectivity index (χ3v) is 9.01. The molecule has 0 atom stereocenters. The summed E-state index contributed by atoms with van der Waals surface area (Å²) in [6, 6.07) is 12.8. The monoisotopic (exact) mass is 563 g/mol. The van der Waals surface area contributed by atoms with Crippen LogP contribution in [-0.4, -0.2) is 55.5 Å². The standard InChI is InChI=1S/C25H27Cl2N5O4S/c1-16(33)30-37(35,36)32-11-9-25(10-12-32,18-6-4-5-17(13-18)15-28-2)29-24(34)22-14-19-21(31(22)3)8-7-20(26)23(19)27/h4-8,13-15H,9-12H2,1-3H3,(H,29,34)(H,30,33)/b28-15-. The molecular formula is C25H27Cl2N5O4S. The lowest BCUT2D eigenvalue weighted by atomic mass is 9.80. The Morgan fingerprint density at radius 2 is 1.81 bits per heavy atom. The normalized spacial score (nSPS) is 16.2. The molecule has 0 saturated carbocycles. The molecule has 9 nitrogen and oxygen atoms in total. The number of nitrogens with zero attached hydrogens (tertiary/aromatic N) is 3. The number of aliphatic imine (C=N–C) groups is 1. The Labute approximate surface area is 225 Å². The smallest absolute Gasteiger partial charge is 0.303 e. The first-order valence-corrected chi connectivity index (χ1v) is 13.7. The van der Waals surface area contributed by atoms with Crippen molar-refractivity contribution < 1.29 is 18.0 Å². The Hall–Kier alpha value is -2.92. The molecule has 2 N–H and O–H groups in total. The number of amides is 2. The fourth-order valence-electron chi connectivity index (χ4n) is 4.75. The summed E-state index contributed by atoms with van der Waals surface area (Å²) < 4.78 is 30.2. The van der Waals surface area contributed by atoms with Crippen molar-refractivity contribution in [2.75, 3.05) is 20.1 Å². The van der Waals surface area contributed by atoms with Crippen LogP contribution in [0, 0.1) is 0 Å². The fraction of sp³-hybridized carbons (Fsp3) is 0.320. The summed E-state index contributed by atoms with van der Waals surface area (Å²) in [5.74, 6) is -0.996. The Bertz CT molecular complexity index is 1510. The van der Waals surface area contributed by atoms with Gasteiger partial charge in [-0.15, -0.1) is 0 Å². The lowest BCUT2D eigenvalue weighted by Gasteiger charge is -2.42. The molecule has 2 aromatic carbocycles. The van der Waals surface area contributed by atoms with Gasteiger partial charge in [0.15, 0.2) is 0 Å². The zero-order chi connectivity index (χ0) is 27.0. The number of hydrogen-bond acceptors (Lipinski definition) is 5. The van der Waals surface area contributed by atoms with Crippen LogP contribution in [-0.2, 0) is 27.6 Å². The number of piperidine rings is 1. The average molecular weight is 564 g/mol. The molecule has 0 bridgehead atoms. The Kier molecular flexibility index (Phi) is 7.66. The molecule has 1 fully saturated rings. The Morgan fingerprint density at radius 3 is 2.46 bits per heavy atom. The first kappa shape index (κ1) is 27.1. The summed E-state index contributed by atoms with van der Waals surface area (Å²) in [4.78, 5) is 29.2. The number of fused-ring (bicyclic) bond motifs is 1. The lowest BCUT2D eigenvalue weighted by Crippen LogP contribution is -2.56. The third kappa shape index (κ3) is 5.38. The van der Waals surface area contributed by atoms with Gasteiger partial charge in [-0.1, -0.05) is 41.4 Å². The van der Waals surface area contributed by atoms with Gasteiger partial charge in [0, 0.05) is 51.2 Å². The number of nitrogens with one attached hydrogen (secondary N) is 2. The molecule has 196 valence electrons. The van der Waals surface area contributed by atoms with Gasteiger partial charge in [0.25, 0.3) is 5.91 Å². The first-order chi connectivity index (χ1) is 17.5. The van der Waals surface area contributed by atoms with Gasteiger partial charge >= 0.3 is 10.2 Å². The molecular weight excluding hydrogens is 537 g/mol. The summed E-state index contributed by atoms with van der Waals surface area (Å²) in [7, 11) is -0.530. The van der Waals surface area contributed by atoms with Gasteiger partial charge in [-0.25, -0.2) is 4.72 Å². The molecule has 1 aromatic heterocycles. The summed E-state index contributed by atoms with van der Waals surface area (Å²) >= 11 is 12.6. The van der Waals surface area contributed by atoms with Crippen molar-refractivity contribution in [3.8, 4) is 0 Å². The minimum atomic E-state index is -3.98. The first-order valence-electron chi connectivity index (χ1n) is 11.5. The molecule has 1 saturated heterocycles. The highest BCUT2D eigenvalue weighted by Gasteiger charge is 2.41. The molecule has 4 rings (SSSR count). The second-order valence-corrected chi connectivity index (χ2v) is 11.4. The zero-order valence-electron chi connectivity index (χ0n) is 20.6. The summed E-state index contributed by atoms with van der Waals surface area (Å²) in [5.41, 5.74) is 1.96. The zero-order valence-corrected chi connectivity index (χ0v) is 22.9. The Morgan fingerprint density at radius 1 is 1.11 bits per heavy atom. The lowest BCUT2D eigenvalue weighted by molar-refractivity contribution is -0.117. The largest absolute Gasteiger partial charge is 0.341 e. The third-order valence-electron chi connectivity index (χ3n) is 6.60. The number of aryl methyl sites for hydroxylation is 1. The summed E-state index contributed by atoms with van der Waals surface area (Å²) in [6.45, 7) is 1.35. The van der Waals surface area contributed by atoms with Gasteiger partial charge in [0.2, 0.25) is 5.91 Å². The van der Waals surface area contributed by atoms with Gasteiger partial charge in [-0.3, -0.25) is 14.6 Å².